The van der Waals surface area contributed by atoms with E-state index in [0.29, 0.717) is 0 Å². The third-order valence-corrected chi connectivity index (χ3v) is 5.52. The number of nitrogens with one attached hydrogen (secondary N) is 1. The quantitative estimate of drug-likeness (QED) is 0.547. The molecule has 29 heavy (non-hydrogen) atoms. The van der Waals surface area contributed by atoms with E-state index in [1.807, 2.05) is 72.8 Å². The summed E-state index contributed by atoms with van der Waals surface area (Å²) in [5.74, 6) is 1.61. The van der Waals surface area contributed by atoms with Gasteiger partial charge in [-0.15, -0.1) is 0 Å². The summed E-state index contributed by atoms with van der Waals surface area (Å²) in [5, 5.41) is 4.85. The van der Waals surface area contributed by atoms with Gasteiger partial charge in [-0.1, -0.05) is 41.9 Å². The van der Waals surface area contributed by atoms with E-state index in [9.17, 15) is 0 Å². The highest BCUT2D eigenvalue weighted by Gasteiger charge is 2.20. The van der Waals surface area contributed by atoms with E-state index < -0.39 is 0 Å². The van der Waals surface area contributed by atoms with Gasteiger partial charge in [0.1, 0.15) is 11.5 Å². The zero-order chi connectivity index (χ0) is 20.1. The van der Waals surface area contributed by atoms with Crippen LogP contribution in [0.2, 0.25) is 5.02 Å². The number of para-hydroxylation sites is 2. The van der Waals surface area contributed by atoms with Crippen LogP contribution in [-0.2, 0) is 0 Å². The summed E-state index contributed by atoms with van der Waals surface area (Å²) in [6.45, 7) is 3.48. The molecule has 0 saturated carbocycles. The molecule has 0 amide bonds. The first-order valence-electron chi connectivity index (χ1n) is 9.57. The van der Waals surface area contributed by atoms with Crippen molar-refractivity contribution in [1.82, 2.24) is 4.90 Å². The van der Waals surface area contributed by atoms with Gasteiger partial charge in [-0.25, -0.2) is 0 Å². The number of thiocarbonyl (C=S) groups is 1. The zero-order valence-corrected chi connectivity index (χ0v) is 17.5. The zero-order valence-electron chi connectivity index (χ0n) is 15.9. The number of rotatable bonds is 4. The highest BCUT2D eigenvalue weighted by molar-refractivity contribution is 7.80. The first kappa shape index (κ1) is 19.6. The molecular formula is C23H22ClN3OS. The Bertz CT molecular complexity index is 957. The molecular weight excluding hydrogens is 402 g/mol. The molecule has 148 valence electrons. The molecule has 1 aliphatic heterocycles. The Balaban J connectivity index is 1.30. The third kappa shape index (κ3) is 5.00. The smallest absolute Gasteiger partial charge is 0.173 e. The Morgan fingerprint density at radius 1 is 0.793 bits per heavy atom. The van der Waals surface area contributed by atoms with Gasteiger partial charge in [0.05, 0.1) is 10.7 Å². The predicted octanol–water partition coefficient (Wildman–Crippen LogP) is 5.65. The van der Waals surface area contributed by atoms with E-state index in [1.165, 1.54) is 0 Å². The van der Waals surface area contributed by atoms with Gasteiger partial charge in [0.2, 0.25) is 0 Å². The van der Waals surface area contributed by atoms with Gasteiger partial charge in [-0.05, 0) is 60.7 Å². The van der Waals surface area contributed by atoms with E-state index in [0.717, 1.165) is 59.2 Å². The number of halogens is 1. The Morgan fingerprint density at radius 3 is 2.10 bits per heavy atom. The summed E-state index contributed by atoms with van der Waals surface area (Å²) in [4.78, 5) is 4.49. The SMILES string of the molecule is S=C(Nc1ccc(Oc2ccccc2)cc1)N1CCN(c2ccccc2Cl)CC1. The van der Waals surface area contributed by atoms with Crippen molar-refractivity contribution in [3.63, 3.8) is 0 Å². The van der Waals surface area contributed by atoms with E-state index in [2.05, 4.69) is 21.2 Å². The van der Waals surface area contributed by atoms with Gasteiger partial charge in [0.15, 0.2) is 5.11 Å². The molecule has 6 heteroatoms. The second-order valence-electron chi connectivity index (χ2n) is 6.80. The topological polar surface area (TPSA) is 27.7 Å². The van der Waals surface area contributed by atoms with Crippen molar-refractivity contribution >= 4 is 40.3 Å². The molecule has 1 saturated heterocycles. The molecule has 0 bridgehead atoms. The first-order chi connectivity index (χ1) is 14.2. The molecule has 3 aromatic rings. The molecule has 0 aromatic heterocycles. The molecule has 0 aliphatic carbocycles. The normalized spacial score (nSPS) is 13.8. The minimum atomic E-state index is 0.737. The average molecular weight is 424 g/mol. The van der Waals surface area contributed by atoms with Crippen LogP contribution in [0.15, 0.2) is 78.9 Å². The predicted molar refractivity (Wildman–Crippen MR) is 124 cm³/mol. The van der Waals surface area contributed by atoms with Gasteiger partial charge < -0.3 is 19.9 Å². The van der Waals surface area contributed by atoms with Crippen LogP contribution in [0.3, 0.4) is 0 Å². The van der Waals surface area contributed by atoms with Gasteiger partial charge >= 0.3 is 0 Å². The van der Waals surface area contributed by atoms with Gasteiger partial charge in [0, 0.05) is 31.9 Å². The summed E-state index contributed by atoms with van der Waals surface area (Å²) >= 11 is 11.9. The molecule has 1 N–H and O–H groups in total. The van der Waals surface area contributed by atoms with Crippen LogP contribution < -0.4 is 15.0 Å². The van der Waals surface area contributed by atoms with Crippen molar-refractivity contribution < 1.29 is 4.74 Å². The fourth-order valence-electron chi connectivity index (χ4n) is 3.29. The van der Waals surface area contributed by atoms with Crippen molar-refractivity contribution in [3.05, 3.63) is 83.9 Å². The second kappa shape index (κ2) is 9.16. The van der Waals surface area contributed by atoms with Crippen LogP contribution in [0, 0.1) is 0 Å². The maximum atomic E-state index is 6.32. The lowest BCUT2D eigenvalue weighted by atomic mass is 10.2. The van der Waals surface area contributed by atoms with E-state index in [-0.39, 0.29) is 0 Å². The minimum absolute atomic E-state index is 0.737. The second-order valence-corrected chi connectivity index (χ2v) is 7.59. The standard InChI is InChI=1S/C23H22ClN3OS/c24-21-8-4-5-9-22(21)26-14-16-27(17-15-26)23(29)25-18-10-12-20(13-11-18)28-19-6-2-1-3-7-19/h1-13H,14-17H2,(H,25,29). The van der Waals surface area contributed by atoms with Crippen molar-refractivity contribution in [2.75, 3.05) is 36.4 Å². The molecule has 0 atom stereocenters. The van der Waals surface area contributed by atoms with Crippen LogP contribution in [0.25, 0.3) is 0 Å². The largest absolute Gasteiger partial charge is 0.457 e. The molecule has 1 aliphatic rings. The number of nitrogens with zero attached hydrogens (tertiary/aromatic N) is 2. The van der Waals surface area contributed by atoms with Crippen LogP contribution >= 0.6 is 23.8 Å². The molecule has 4 rings (SSSR count). The number of piperazine rings is 1. The van der Waals surface area contributed by atoms with Gasteiger partial charge in [0.25, 0.3) is 0 Å². The Kier molecular flexibility index (Phi) is 6.17. The monoisotopic (exact) mass is 423 g/mol. The fraction of sp³-hybridized carbons (Fsp3) is 0.174. The molecule has 0 radical (unpaired) electrons. The van der Waals surface area contributed by atoms with Crippen molar-refractivity contribution in [2.24, 2.45) is 0 Å². The number of anilines is 2. The Hall–Kier alpha value is -2.76. The van der Waals surface area contributed by atoms with E-state index in [4.69, 9.17) is 28.6 Å². The highest BCUT2D eigenvalue weighted by atomic mass is 35.5. The lowest BCUT2D eigenvalue weighted by Gasteiger charge is -2.37. The van der Waals surface area contributed by atoms with Gasteiger partial charge in [-0.3, -0.25) is 0 Å². The number of benzene rings is 3. The van der Waals surface area contributed by atoms with Crippen LogP contribution in [-0.4, -0.2) is 36.2 Å². The Morgan fingerprint density at radius 2 is 1.41 bits per heavy atom. The molecule has 1 heterocycles. The highest BCUT2D eigenvalue weighted by Crippen LogP contribution is 2.26. The van der Waals surface area contributed by atoms with Crippen molar-refractivity contribution in [1.29, 1.82) is 0 Å². The fourth-order valence-corrected chi connectivity index (χ4v) is 3.85. The summed E-state index contributed by atoms with van der Waals surface area (Å²) in [6.07, 6.45) is 0. The number of ether oxygens (including phenoxy) is 1. The number of hydrogen-bond acceptors (Lipinski definition) is 3. The van der Waals surface area contributed by atoms with Crippen LogP contribution in [0.5, 0.6) is 11.5 Å². The summed E-state index contributed by atoms with van der Waals surface area (Å²) in [7, 11) is 0. The minimum Gasteiger partial charge on any atom is -0.457 e. The Labute approximate surface area is 181 Å². The lowest BCUT2D eigenvalue weighted by Crippen LogP contribution is -2.50. The van der Waals surface area contributed by atoms with E-state index >= 15 is 0 Å². The van der Waals surface area contributed by atoms with Crippen LogP contribution in [0.4, 0.5) is 11.4 Å². The summed E-state index contributed by atoms with van der Waals surface area (Å²) < 4.78 is 5.83. The average Bonchev–Trinajstić information content (AvgIpc) is 2.76. The van der Waals surface area contributed by atoms with Gasteiger partial charge in [-0.2, -0.15) is 0 Å². The van der Waals surface area contributed by atoms with Crippen molar-refractivity contribution in [3.8, 4) is 11.5 Å². The summed E-state index contributed by atoms with van der Waals surface area (Å²) in [6, 6.07) is 25.5. The molecule has 0 spiro atoms. The molecule has 0 unspecified atom stereocenters. The van der Waals surface area contributed by atoms with Crippen LogP contribution in [0.1, 0.15) is 0 Å². The van der Waals surface area contributed by atoms with E-state index in [1.54, 1.807) is 0 Å². The lowest BCUT2D eigenvalue weighted by molar-refractivity contribution is 0.391. The van der Waals surface area contributed by atoms with Crippen molar-refractivity contribution in [2.45, 2.75) is 0 Å². The molecule has 3 aromatic carbocycles. The first-order valence-corrected chi connectivity index (χ1v) is 10.4. The molecule has 4 nitrogen and oxygen atoms in total. The molecule has 1 fully saturated rings. The summed E-state index contributed by atoms with van der Waals surface area (Å²) in [5.41, 5.74) is 2.03. The number of hydrogen-bond donors (Lipinski definition) is 1. The maximum Gasteiger partial charge on any atom is 0.173 e. The maximum absolute atomic E-state index is 6.32. The third-order valence-electron chi connectivity index (χ3n) is 4.84.